The molecule has 8 aromatic rings. The summed E-state index contributed by atoms with van der Waals surface area (Å²) in [6.45, 7) is 64.0. The first kappa shape index (κ1) is 123. The van der Waals surface area contributed by atoms with Crippen molar-refractivity contribution in [3.05, 3.63) is 159 Å². The summed E-state index contributed by atoms with van der Waals surface area (Å²) in [5.41, 5.74) is 5.75. The summed E-state index contributed by atoms with van der Waals surface area (Å²) >= 11 is 3.21. The average molecular weight is 2110 g/mol. The van der Waals surface area contributed by atoms with Gasteiger partial charge in [0.25, 0.3) is 30.1 Å². The molecule has 0 saturated carbocycles. The number of nitrogens with one attached hydrogen (secondary N) is 3. The van der Waals surface area contributed by atoms with Gasteiger partial charge in [0, 0.05) is 49.6 Å². The van der Waals surface area contributed by atoms with Crippen LogP contribution in [0.2, 0.25) is 36.3 Å². The third-order valence-corrected chi connectivity index (χ3v) is 44.2. The molecule has 0 atom stereocenters. The SMILES string of the molecule is CC(C)(O)c1nc(CO[Si](C)(C)C(C)(C)C)c(S(N)(=O)=O)s1.CC(C)c1cncc(C(C)C)c1CC(=O)NS(=O)(=O)c1sc(C(C)(C)O)nc1CO.CC(C)c1cncc(C(C)C)c1CC(=O)NS(=O)(=O)c1sc(C(C)(C)O)nc1CO.CC(C)c1cncc(C(C)C)c1CC(=O)NS(=O)(=O)c1sc(C(C)(C)O)nc1CO[Si](C)(C)C(C)(C)C.CC(C)c1cncc(C(C)C)c1CC(=O)O.Cl. The van der Waals surface area contributed by atoms with Crippen molar-refractivity contribution in [3.63, 3.8) is 0 Å². The van der Waals surface area contributed by atoms with Gasteiger partial charge >= 0.3 is 5.97 Å². The van der Waals surface area contributed by atoms with Gasteiger partial charge in [-0.05, 0) is 206 Å². The summed E-state index contributed by atoms with van der Waals surface area (Å²) in [7, 11) is -20.9. The molecule has 33 nitrogen and oxygen atoms in total. The second-order valence-electron chi connectivity index (χ2n) is 40.8. The van der Waals surface area contributed by atoms with E-state index >= 15 is 0 Å². The highest BCUT2D eigenvalue weighted by atomic mass is 35.5. The predicted molar refractivity (Wildman–Crippen MR) is 542 cm³/mol. The number of hydrogen-bond acceptors (Lipinski definition) is 32. The number of nitrogens with zero attached hydrogens (tertiary/aromatic N) is 8. The molecule has 8 heterocycles. The largest absolute Gasteiger partial charge is 0.481 e. The Hall–Kier alpha value is -6.84. The zero-order chi connectivity index (χ0) is 104. The zero-order valence-electron chi connectivity index (χ0n) is 85.1. The second kappa shape index (κ2) is 48.8. The number of carbonyl (C=O) groups is 4. The van der Waals surface area contributed by atoms with Crippen molar-refractivity contribution in [2.45, 2.75) is 383 Å². The van der Waals surface area contributed by atoms with Gasteiger partial charge in [-0.1, -0.05) is 152 Å². The van der Waals surface area contributed by atoms with Gasteiger partial charge in [-0.25, -0.2) is 72.9 Å². The Labute approximate surface area is 830 Å². The first-order valence-electron chi connectivity index (χ1n) is 44.4. The number of hydrogen-bond donors (Lipinski definition) is 11. The van der Waals surface area contributed by atoms with Gasteiger partial charge < -0.3 is 44.6 Å². The summed E-state index contributed by atoms with van der Waals surface area (Å²) in [4.78, 5) is 83.2. The van der Waals surface area contributed by atoms with E-state index in [1.54, 1.807) is 77.3 Å². The lowest BCUT2D eigenvalue weighted by Gasteiger charge is -2.36. The van der Waals surface area contributed by atoms with Crippen LogP contribution < -0.4 is 19.3 Å². The van der Waals surface area contributed by atoms with E-state index in [2.05, 4.69) is 149 Å². The smallest absolute Gasteiger partial charge is 0.307 e. The molecule has 0 radical (unpaired) electrons. The van der Waals surface area contributed by atoms with E-state index in [0.29, 0.717) is 16.8 Å². The topological polar surface area (TPSA) is 530 Å². The van der Waals surface area contributed by atoms with Crippen LogP contribution in [0.1, 0.15) is 365 Å². The van der Waals surface area contributed by atoms with Crippen LogP contribution in [0.15, 0.2) is 66.4 Å². The quantitative estimate of drug-likeness (QED) is 0.0164. The van der Waals surface area contributed by atoms with Crippen molar-refractivity contribution in [1.82, 2.24) is 54.0 Å². The lowest BCUT2D eigenvalue weighted by Crippen LogP contribution is -2.40. The van der Waals surface area contributed by atoms with Crippen LogP contribution in [0.25, 0.3) is 0 Å². The summed E-state index contributed by atoms with van der Waals surface area (Å²) < 4.78 is 120. The number of aliphatic hydroxyl groups excluding tert-OH is 2. The number of sulfonamides is 4. The molecule has 3 amide bonds. The number of rotatable bonds is 35. The molecule has 136 heavy (non-hydrogen) atoms. The number of nitrogens with two attached hydrogens (primary N) is 1. The number of carboxylic acid groups (broad SMARTS) is 1. The molecule has 12 N–H and O–H groups in total. The van der Waals surface area contributed by atoms with Gasteiger partial charge in [0.05, 0.1) is 74.9 Å². The maximum absolute atomic E-state index is 13.5. The molecule has 0 aliphatic carbocycles. The summed E-state index contributed by atoms with van der Waals surface area (Å²) in [5, 5.41) is 74.7. The van der Waals surface area contributed by atoms with Crippen LogP contribution in [0.3, 0.4) is 0 Å². The van der Waals surface area contributed by atoms with Crippen LogP contribution in [-0.2, 0) is 143 Å². The number of aliphatic carboxylic acids is 1. The summed E-state index contributed by atoms with van der Waals surface area (Å²) in [6.07, 6.45) is 13.6. The van der Waals surface area contributed by atoms with Crippen molar-refractivity contribution in [2.24, 2.45) is 5.14 Å². The monoisotopic (exact) mass is 2100 g/mol. The molecule has 44 heteroatoms. The number of aliphatic hydroxyl groups is 6. The highest BCUT2D eigenvalue weighted by Crippen LogP contribution is 2.43. The molecule has 0 bridgehead atoms. The number of thiazole rings is 4. The number of halogens is 1. The van der Waals surface area contributed by atoms with Crippen LogP contribution in [0, 0.1) is 0 Å². The van der Waals surface area contributed by atoms with Gasteiger partial charge in [-0.2, -0.15) is 0 Å². The average Bonchev–Trinajstić information content (AvgIpc) is 1.64. The lowest BCUT2D eigenvalue weighted by atomic mass is 9.89. The molecule has 0 aliphatic rings. The number of aromatic nitrogens is 8. The van der Waals surface area contributed by atoms with Gasteiger partial charge in [0.1, 0.15) is 42.4 Å². The van der Waals surface area contributed by atoms with Crippen molar-refractivity contribution in [1.29, 1.82) is 0 Å². The Balaban J connectivity index is 0.000000447. The Morgan fingerprint density at radius 3 is 0.713 bits per heavy atom. The van der Waals surface area contributed by atoms with Gasteiger partial charge in [0.15, 0.2) is 33.5 Å². The summed E-state index contributed by atoms with van der Waals surface area (Å²) in [5.74, 6) is -1.46. The number of pyridine rings is 4. The minimum atomic E-state index is -4.26. The molecule has 0 fully saturated rings. The Morgan fingerprint density at radius 1 is 0.353 bits per heavy atom. The van der Waals surface area contributed by atoms with Crippen LogP contribution in [0.4, 0.5) is 0 Å². The van der Waals surface area contributed by atoms with Crippen LogP contribution in [-0.4, -0.2) is 150 Å². The molecule has 764 valence electrons. The molecule has 0 saturated heterocycles. The van der Waals surface area contributed by atoms with Gasteiger partial charge in [-0.15, -0.1) is 57.8 Å². The molecule has 0 unspecified atom stereocenters. The highest BCUT2D eigenvalue weighted by molar-refractivity contribution is 7.93. The normalized spacial score (nSPS) is 12.9. The van der Waals surface area contributed by atoms with E-state index < -0.39 is 116 Å². The molecular formula is C92H147ClN12O21S8Si2. The fourth-order valence-corrected chi connectivity index (χ4v) is 24.0. The van der Waals surface area contributed by atoms with Crippen LogP contribution in [0.5, 0.6) is 0 Å². The fraction of sp³-hybridized carbons (Fsp3) is 0.609. The number of carbonyl (C=O) groups excluding carboxylic acids is 3. The Kier molecular flexibility index (Phi) is 44.2. The maximum atomic E-state index is 13.5. The third-order valence-electron chi connectivity index (χ3n) is 22.3. The Morgan fingerprint density at radius 2 is 0.537 bits per heavy atom. The number of amides is 3. The van der Waals surface area contributed by atoms with Crippen LogP contribution >= 0.6 is 57.8 Å². The first-order chi connectivity index (χ1) is 61.2. The van der Waals surface area contributed by atoms with Gasteiger partial charge in [-0.3, -0.25) is 39.1 Å². The fourth-order valence-electron chi connectivity index (χ4n) is 12.8. The number of carboxylic acids is 1. The van der Waals surface area contributed by atoms with E-state index in [4.69, 9.17) is 19.1 Å². The summed E-state index contributed by atoms with van der Waals surface area (Å²) in [6, 6.07) is 0. The molecular weight excluding hydrogens is 1960 g/mol. The zero-order valence-corrected chi connectivity index (χ0v) is 94.4. The minimum absolute atomic E-state index is 0. The van der Waals surface area contributed by atoms with Crippen molar-refractivity contribution < 1.29 is 97.4 Å². The predicted octanol–water partition coefficient (Wildman–Crippen LogP) is 16.6. The Bertz CT molecular complexity index is 5640. The van der Waals surface area contributed by atoms with E-state index in [1.165, 1.54) is 27.7 Å². The maximum Gasteiger partial charge on any atom is 0.307 e. The molecule has 8 aromatic heterocycles. The van der Waals surface area contributed by atoms with Gasteiger partial charge in [0.2, 0.25) is 27.7 Å². The van der Waals surface area contributed by atoms with E-state index in [0.717, 1.165) is 112 Å². The van der Waals surface area contributed by atoms with E-state index in [-0.39, 0.29) is 152 Å². The van der Waals surface area contributed by atoms with E-state index in [9.17, 15) is 83.5 Å². The third kappa shape index (κ3) is 34.5. The highest BCUT2D eigenvalue weighted by Gasteiger charge is 2.42. The first-order valence-corrected chi connectivity index (χ1v) is 59.5. The van der Waals surface area contributed by atoms with Crippen molar-refractivity contribution in [3.8, 4) is 0 Å². The van der Waals surface area contributed by atoms with E-state index in [1.807, 2.05) is 83.1 Å². The lowest BCUT2D eigenvalue weighted by molar-refractivity contribution is -0.136. The number of primary sulfonamides is 1. The van der Waals surface area contributed by atoms with Crippen molar-refractivity contribution in [2.75, 3.05) is 0 Å². The molecule has 0 aliphatic heterocycles. The standard InChI is InChI=1S/C26H43N3O5S2Si.2C20H29N3O5S2.C13H26N2O4S2Si.C13H19NO2.ClH/c1-16(2)19-13-27-14-20(17(3)4)18(19)12-22(30)29-36(32,33)23-21(28-24(35-23)26(8,9)31)15-34-37(10,11)25(5,6)7;2*1-11(2)14-8-21-9-15(12(3)4)13(14)7-17(25)23-30(27,28)18-16(10-24)22-19(29-18)20(5,6)26;1-12(2,3)22(6,7)19-8-9-10(21(14,17)18)20-11(15-9)13(4,5)16;1-8(2)11-6-14-7-12(9(3)4)10(11)5-13(15)16;/h13-14,16-17,31H,12,15H2,1-11H3,(H,29,30);2*8-9,11-12,24,26H,7,10H2,1-6H3,(H,23,25);16H,8H2,1-7H3,(H2,14,17,18);6-9H,5H2,1-4H3,(H,15,16);1H. The minimum Gasteiger partial charge on any atom is -0.481 e. The molecule has 0 aromatic carbocycles. The van der Waals surface area contributed by atoms with Crippen molar-refractivity contribution >= 4 is 138 Å². The second-order valence-corrected chi connectivity index (χ2v) is 61.8. The molecule has 8 rings (SSSR count). The molecule has 0 spiro atoms.